The number of hydrogen-bond donors (Lipinski definition) is 3. The van der Waals surface area contributed by atoms with Gasteiger partial charge in [-0.25, -0.2) is 9.97 Å². The Morgan fingerprint density at radius 2 is 2.13 bits per heavy atom. The molecule has 0 radical (unpaired) electrons. The number of aliphatic hydroxyl groups excluding tert-OH is 1. The Kier molecular flexibility index (Phi) is 4.77. The average molecular weight is 275 g/mol. The lowest BCUT2D eigenvalue weighted by atomic mass is 10.2. The Morgan fingerprint density at radius 3 is 2.67 bits per heavy atom. The lowest BCUT2D eigenvalue weighted by molar-refractivity contribution is 0.271. The standard InChI is InChI=1S/C9H15BrN4O/c1-3-6(4-15)14-9-7(10)8(11-2)12-5-13-9/h5-6,15H,3-4H2,1-2H3,(H2,11,12,13,14). The molecule has 1 aromatic heterocycles. The molecule has 0 bridgehead atoms. The number of nitrogens with zero attached hydrogens (tertiary/aromatic N) is 2. The van der Waals surface area contributed by atoms with Crippen LogP contribution in [0.15, 0.2) is 10.8 Å². The average Bonchev–Trinajstić information content (AvgIpc) is 2.28. The van der Waals surface area contributed by atoms with Gasteiger partial charge in [-0.2, -0.15) is 0 Å². The van der Waals surface area contributed by atoms with Gasteiger partial charge in [0.15, 0.2) is 0 Å². The fraction of sp³-hybridized carbons (Fsp3) is 0.556. The largest absolute Gasteiger partial charge is 0.394 e. The Morgan fingerprint density at radius 1 is 1.47 bits per heavy atom. The molecular formula is C9H15BrN4O. The lowest BCUT2D eigenvalue weighted by Gasteiger charge is -2.16. The Balaban J connectivity index is 2.85. The Hall–Kier alpha value is -0.880. The van der Waals surface area contributed by atoms with E-state index >= 15 is 0 Å². The molecule has 0 aliphatic rings. The molecule has 1 atom stereocenters. The topological polar surface area (TPSA) is 70.1 Å². The van der Waals surface area contributed by atoms with Gasteiger partial charge in [0.25, 0.3) is 0 Å². The first kappa shape index (κ1) is 12.2. The minimum atomic E-state index is 0.0147. The maximum atomic E-state index is 9.07. The zero-order chi connectivity index (χ0) is 11.3. The molecule has 0 aliphatic heterocycles. The van der Waals surface area contributed by atoms with Crippen molar-refractivity contribution in [2.45, 2.75) is 19.4 Å². The summed E-state index contributed by atoms with van der Waals surface area (Å²) in [6.07, 6.45) is 2.31. The maximum absolute atomic E-state index is 9.07. The van der Waals surface area contributed by atoms with E-state index < -0.39 is 0 Å². The van der Waals surface area contributed by atoms with E-state index in [-0.39, 0.29) is 12.6 Å². The molecule has 1 unspecified atom stereocenters. The zero-order valence-corrected chi connectivity index (χ0v) is 10.4. The van der Waals surface area contributed by atoms with Crippen LogP contribution in [0.3, 0.4) is 0 Å². The first-order valence-electron chi connectivity index (χ1n) is 4.78. The van der Waals surface area contributed by atoms with E-state index in [1.54, 1.807) is 7.05 Å². The van der Waals surface area contributed by atoms with Gasteiger partial charge >= 0.3 is 0 Å². The van der Waals surface area contributed by atoms with Gasteiger partial charge in [0.2, 0.25) is 0 Å². The molecule has 84 valence electrons. The third-order valence-electron chi connectivity index (χ3n) is 2.08. The summed E-state index contributed by atoms with van der Waals surface area (Å²) < 4.78 is 0.777. The summed E-state index contributed by atoms with van der Waals surface area (Å²) in [6.45, 7) is 2.09. The summed E-state index contributed by atoms with van der Waals surface area (Å²) in [5.74, 6) is 1.41. The second kappa shape index (κ2) is 5.87. The van der Waals surface area contributed by atoms with Crippen LogP contribution in [-0.4, -0.2) is 34.8 Å². The van der Waals surface area contributed by atoms with Gasteiger partial charge in [-0.3, -0.25) is 0 Å². The van der Waals surface area contributed by atoms with E-state index in [2.05, 4.69) is 36.5 Å². The first-order chi connectivity index (χ1) is 7.22. The van der Waals surface area contributed by atoms with Crippen LogP contribution in [0.2, 0.25) is 0 Å². The third-order valence-corrected chi connectivity index (χ3v) is 2.83. The first-order valence-corrected chi connectivity index (χ1v) is 5.57. The number of rotatable bonds is 5. The predicted octanol–water partition coefficient (Wildman–Crippen LogP) is 1.46. The number of anilines is 2. The van der Waals surface area contributed by atoms with E-state index in [1.807, 2.05) is 6.92 Å². The van der Waals surface area contributed by atoms with E-state index in [4.69, 9.17) is 5.11 Å². The predicted molar refractivity (Wildman–Crippen MR) is 64.1 cm³/mol. The molecule has 0 fully saturated rings. The zero-order valence-electron chi connectivity index (χ0n) is 8.79. The molecule has 1 aromatic rings. The highest BCUT2D eigenvalue weighted by atomic mass is 79.9. The number of aliphatic hydroxyl groups is 1. The van der Waals surface area contributed by atoms with Crippen molar-refractivity contribution in [3.8, 4) is 0 Å². The molecule has 0 aliphatic carbocycles. The number of aromatic nitrogens is 2. The van der Waals surface area contributed by atoms with Crippen LogP contribution in [0.5, 0.6) is 0 Å². The molecule has 0 saturated heterocycles. The van der Waals surface area contributed by atoms with Crippen LogP contribution >= 0.6 is 15.9 Å². The van der Waals surface area contributed by atoms with Gasteiger partial charge in [0.1, 0.15) is 22.4 Å². The summed E-state index contributed by atoms with van der Waals surface area (Å²) in [7, 11) is 1.79. The Bertz CT molecular complexity index is 317. The second-order valence-corrected chi connectivity index (χ2v) is 3.86. The SMILES string of the molecule is CCC(CO)Nc1ncnc(NC)c1Br. The van der Waals surface area contributed by atoms with Gasteiger partial charge < -0.3 is 15.7 Å². The summed E-state index contributed by atoms with van der Waals surface area (Å²) in [5, 5.41) is 15.1. The van der Waals surface area contributed by atoms with E-state index in [0.717, 1.165) is 16.7 Å². The summed E-state index contributed by atoms with van der Waals surface area (Å²) >= 11 is 3.40. The van der Waals surface area contributed by atoms with Crippen LogP contribution in [0, 0.1) is 0 Å². The molecular weight excluding hydrogens is 260 g/mol. The number of halogens is 1. The van der Waals surface area contributed by atoms with Crippen LogP contribution in [0.25, 0.3) is 0 Å². The van der Waals surface area contributed by atoms with Crippen molar-refractivity contribution >= 4 is 27.6 Å². The fourth-order valence-electron chi connectivity index (χ4n) is 1.11. The van der Waals surface area contributed by atoms with Gasteiger partial charge in [-0.15, -0.1) is 0 Å². The van der Waals surface area contributed by atoms with Crippen LogP contribution in [0.4, 0.5) is 11.6 Å². The van der Waals surface area contributed by atoms with Crippen LogP contribution in [-0.2, 0) is 0 Å². The van der Waals surface area contributed by atoms with Crippen molar-refractivity contribution in [2.24, 2.45) is 0 Å². The molecule has 1 heterocycles. The van der Waals surface area contributed by atoms with Gasteiger partial charge in [0, 0.05) is 7.05 Å². The molecule has 3 N–H and O–H groups in total. The Labute approximate surface area is 97.5 Å². The highest BCUT2D eigenvalue weighted by Crippen LogP contribution is 2.26. The molecule has 0 saturated carbocycles. The number of nitrogens with one attached hydrogen (secondary N) is 2. The van der Waals surface area contributed by atoms with Crippen molar-refractivity contribution < 1.29 is 5.11 Å². The molecule has 0 amide bonds. The molecule has 1 rings (SSSR count). The smallest absolute Gasteiger partial charge is 0.146 e. The van der Waals surface area contributed by atoms with Crippen molar-refractivity contribution in [1.29, 1.82) is 0 Å². The quantitative estimate of drug-likeness (QED) is 0.759. The highest BCUT2D eigenvalue weighted by molar-refractivity contribution is 9.10. The summed E-state index contributed by atoms with van der Waals surface area (Å²) in [6, 6.07) is 0.0147. The number of hydrogen-bond acceptors (Lipinski definition) is 5. The molecule has 6 heteroatoms. The van der Waals surface area contributed by atoms with Crippen molar-refractivity contribution in [3.63, 3.8) is 0 Å². The van der Waals surface area contributed by atoms with E-state index in [1.165, 1.54) is 6.33 Å². The molecule has 5 nitrogen and oxygen atoms in total. The maximum Gasteiger partial charge on any atom is 0.146 e. The van der Waals surface area contributed by atoms with Gasteiger partial charge in [-0.1, -0.05) is 6.92 Å². The minimum absolute atomic E-state index is 0.0147. The minimum Gasteiger partial charge on any atom is -0.394 e. The summed E-state index contributed by atoms with van der Waals surface area (Å²) in [4.78, 5) is 8.15. The fourth-order valence-corrected chi connectivity index (χ4v) is 1.63. The van der Waals surface area contributed by atoms with Crippen molar-refractivity contribution in [1.82, 2.24) is 9.97 Å². The normalized spacial score (nSPS) is 12.3. The molecule has 0 aromatic carbocycles. The van der Waals surface area contributed by atoms with Crippen LogP contribution in [0.1, 0.15) is 13.3 Å². The third kappa shape index (κ3) is 3.04. The van der Waals surface area contributed by atoms with Gasteiger partial charge in [0.05, 0.1) is 12.6 Å². The van der Waals surface area contributed by atoms with Crippen molar-refractivity contribution in [3.05, 3.63) is 10.8 Å². The van der Waals surface area contributed by atoms with E-state index in [0.29, 0.717) is 5.82 Å². The molecule has 0 spiro atoms. The molecule has 15 heavy (non-hydrogen) atoms. The van der Waals surface area contributed by atoms with E-state index in [9.17, 15) is 0 Å². The second-order valence-electron chi connectivity index (χ2n) is 3.07. The van der Waals surface area contributed by atoms with Crippen molar-refractivity contribution in [2.75, 3.05) is 24.3 Å². The van der Waals surface area contributed by atoms with Crippen LogP contribution < -0.4 is 10.6 Å². The highest BCUT2D eigenvalue weighted by Gasteiger charge is 2.10. The lowest BCUT2D eigenvalue weighted by Crippen LogP contribution is -2.23. The monoisotopic (exact) mass is 274 g/mol. The van der Waals surface area contributed by atoms with Gasteiger partial charge in [-0.05, 0) is 22.4 Å². The summed E-state index contributed by atoms with van der Waals surface area (Å²) in [5.41, 5.74) is 0.